The lowest BCUT2D eigenvalue weighted by molar-refractivity contribution is 0.794. The van der Waals surface area contributed by atoms with Crippen LogP contribution in [-0.4, -0.2) is 4.98 Å². The van der Waals surface area contributed by atoms with Crippen LogP contribution in [-0.2, 0) is 6.42 Å². The molecule has 0 amide bonds. The molecule has 2 aromatic rings. The predicted octanol–water partition coefficient (Wildman–Crippen LogP) is 4.92. The summed E-state index contributed by atoms with van der Waals surface area (Å²) in [6.07, 6.45) is 3.50. The molecular formula is C17H21N. The van der Waals surface area contributed by atoms with E-state index in [-0.39, 0.29) is 0 Å². The van der Waals surface area contributed by atoms with Gasteiger partial charge in [-0.15, -0.1) is 0 Å². The van der Waals surface area contributed by atoms with E-state index in [1.165, 1.54) is 29.2 Å². The number of aryl methyl sites for hydroxylation is 2. The monoisotopic (exact) mass is 239 g/mol. The lowest BCUT2D eigenvalue weighted by Gasteiger charge is -2.14. The van der Waals surface area contributed by atoms with E-state index in [1.807, 2.05) is 6.92 Å². The second-order valence-corrected chi connectivity index (χ2v) is 4.95. The highest BCUT2D eigenvalue weighted by Crippen LogP contribution is 2.28. The van der Waals surface area contributed by atoms with Crippen molar-refractivity contribution in [3.8, 4) is 0 Å². The highest BCUT2D eigenvalue weighted by atomic mass is 14.7. The molecule has 0 atom stereocenters. The summed E-state index contributed by atoms with van der Waals surface area (Å²) in [4.78, 5) is 4.75. The van der Waals surface area contributed by atoms with E-state index < -0.39 is 0 Å². The van der Waals surface area contributed by atoms with Crippen molar-refractivity contribution in [2.75, 3.05) is 0 Å². The molecule has 0 fully saturated rings. The molecule has 1 aromatic carbocycles. The van der Waals surface area contributed by atoms with Gasteiger partial charge in [0.2, 0.25) is 0 Å². The molecule has 0 aliphatic carbocycles. The van der Waals surface area contributed by atoms with E-state index in [1.54, 1.807) is 0 Å². The third kappa shape index (κ3) is 2.31. The molecule has 1 nitrogen and oxygen atoms in total. The highest BCUT2D eigenvalue weighted by Gasteiger charge is 2.11. The molecule has 0 bridgehead atoms. The minimum Gasteiger partial charge on any atom is -0.253 e. The molecule has 0 saturated carbocycles. The number of hydrogen-bond donors (Lipinski definition) is 0. The third-order valence-electron chi connectivity index (χ3n) is 3.39. The first-order chi connectivity index (χ1) is 8.65. The molecule has 0 N–H and O–H groups in total. The molecule has 0 aliphatic heterocycles. The number of rotatable bonds is 4. The Morgan fingerprint density at radius 1 is 1.22 bits per heavy atom. The number of hydrogen-bond acceptors (Lipinski definition) is 1. The molecule has 1 heteroatoms. The van der Waals surface area contributed by atoms with Crippen LogP contribution in [0.5, 0.6) is 0 Å². The Labute approximate surface area is 110 Å². The minimum absolute atomic E-state index is 1.06. The molecule has 1 heterocycles. The Kier molecular flexibility index (Phi) is 3.81. The maximum Gasteiger partial charge on any atom is 0.0694 e. The number of unbranched alkanes of at least 4 members (excludes halogenated alkanes) is 1. The summed E-state index contributed by atoms with van der Waals surface area (Å²) in [5.41, 5.74) is 4.63. The quantitative estimate of drug-likeness (QED) is 0.738. The summed E-state index contributed by atoms with van der Waals surface area (Å²) in [5.74, 6) is 0. The van der Waals surface area contributed by atoms with Gasteiger partial charge in [-0.25, -0.2) is 0 Å². The van der Waals surface area contributed by atoms with E-state index in [0.717, 1.165) is 23.4 Å². The van der Waals surface area contributed by atoms with Crippen LogP contribution in [0.3, 0.4) is 0 Å². The molecule has 0 aliphatic rings. The van der Waals surface area contributed by atoms with Crippen LogP contribution < -0.4 is 0 Å². The first-order valence-electron chi connectivity index (χ1n) is 6.69. The maximum absolute atomic E-state index is 4.75. The van der Waals surface area contributed by atoms with Gasteiger partial charge in [-0.2, -0.15) is 0 Å². The van der Waals surface area contributed by atoms with Crippen molar-refractivity contribution in [1.82, 2.24) is 4.98 Å². The van der Waals surface area contributed by atoms with Gasteiger partial charge in [-0.05, 0) is 43.2 Å². The highest BCUT2D eigenvalue weighted by molar-refractivity contribution is 5.90. The largest absolute Gasteiger partial charge is 0.253 e. The molecule has 0 spiro atoms. The topological polar surface area (TPSA) is 12.9 Å². The first-order valence-corrected chi connectivity index (χ1v) is 6.69. The predicted molar refractivity (Wildman–Crippen MR) is 79.8 cm³/mol. The number of allylic oxidation sites excluding steroid dienone is 1. The molecule has 18 heavy (non-hydrogen) atoms. The normalized spacial score (nSPS) is 10.8. The second kappa shape index (κ2) is 5.34. The van der Waals surface area contributed by atoms with Crippen molar-refractivity contribution < 1.29 is 0 Å². The summed E-state index contributed by atoms with van der Waals surface area (Å²) < 4.78 is 0. The first kappa shape index (κ1) is 12.8. The summed E-state index contributed by atoms with van der Waals surface area (Å²) >= 11 is 0. The van der Waals surface area contributed by atoms with Gasteiger partial charge in [0.25, 0.3) is 0 Å². The average molecular weight is 239 g/mol. The Balaban J connectivity index is 2.71. The van der Waals surface area contributed by atoms with Gasteiger partial charge in [0.1, 0.15) is 0 Å². The summed E-state index contributed by atoms with van der Waals surface area (Å²) in [7, 11) is 0. The van der Waals surface area contributed by atoms with Crippen molar-refractivity contribution in [3.05, 3.63) is 47.8 Å². The van der Waals surface area contributed by atoms with Crippen LogP contribution in [0.15, 0.2) is 30.8 Å². The third-order valence-corrected chi connectivity index (χ3v) is 3.39. The van der Waals surface area contributed by atoms with E-state index in [2.05, 4.69) is 44.7 Å². The van der Waals surface area contributed by atoms with Gasteiger partial charge in [-0.1, -0.05) is 44.2 Å². The number of pyridine rings is 1. The molecular weight excluding hydrogens is 218 g/mol. The summed E-state index contributed by atoms with van der Waals surface area (Å²) in [6, 6.07) is 8.57. The van der Waals surface area contributed by atoms with Gasteiger partial charge in [0, 0.05) is 11.1 Å². The zero-order valence-electron chi connectivity index (χ0n) is 11.6. The molecule has 1 aromatic heterocycles. The fraction of sp³-hybridized carbons (Fsp3) is 0.353. The maximum atomic E-state index is 4.75. The van der Waals surface area contributed by atoms with Crippen LogP contribution in [0, 0.1) is 6.92 Å². The Morgan fingerprint density at radius 2 is 1.89 bits per heavy atom. The number of benzene rings is 1. The van der Waals surface area contributed by atoms with Crippen molar-refractivity contribution in [3.63, 3.8) is 0 Å². The number of nitrogens with zero attached hydrogens (tertiary/aromatic N) is 1. The van der Waals surface area contributed by atoms with Crippen molar-refractivity contribution in [2.24, 2.45) is 0 Å². The van der Waals surface area contributed by atoms with Gasteiger partial charge in [0.05, 0.1) is 5.69 Å². The van der Waals surface area contributed by atoms with Crippen LogP contribution >= 0.6 is 0 Å². The fourth-order valence-electron chi connectivity index (χ4n) is 2.44. The number of aromatic nitrogens is 1. The second-order valence-electron chi connectivity index (χ2n) is 4.95. The van der Waals surface area contributed by atoms with Crippen LogP contribution in [0.2, 0.25) is 0 Å². The molecule has 0 saturated heterocycles. The van der Waals surface area contributed by atoms with E-state index >= 15 is 0 Å². The lowest BCUT2D eigenvalue weighted by Crippen LogP contribution is -2.00. The average Bonchev–Trinajstić information content (AvgIpc) is 2.37. The fourth-order valence-corrected chi connectivity index (χ4v) is 2.44. The van der Waals surface area contributed by atoms with Crippen LogP contribution in [0.1, 0.15) is 43.6 Å². The van der Waals surface area contributed by atoms with E-state index in [9.17, 15) is 0 Å². The van der Waals surface area contributed by atoms with Crippen LogP contribution in [0.4, 0.5) is 0 Å². The SMILES string of the molecule is C=C(C)c1nc(C)c2ccccc2c1CCCC. The lowest BCUT2D eigenvalue weighted by atomic mass is 9.95. The van der Waals surface area contributed by atoms with E-state index in [4.69, 9.17) is 4.98 Å². The van der Waals surface area contributed by atoms with Gasteiger partial charge in [-0.3, -0.25) is 4.98 Å². The van der Waals surface area contributed by atoms with Gasteiger partial charge < -0.3 is 0 Å². The van der Waals surface area contributed by atoms with Gasteiger partial charge in [0.15, 0.2) is 0 Å². The number of fused-ring (bicyclic) bond motifs is 1. The van der Waals surface area contributed by atoms with Crippen molar-refractivity contribution in [1.29, 1.82) is 0 Å². The smallest absolute Gasteiger partial charge is 0.0694 e. The molecule has 0 radical (unpaired) electrons. The summed E-state index contributed by atoms with van der Waals surface area (Å²) in [6.45, 7) is 10.4. The van der Waals surface area contributed by atoms with Crippen LogP contribution in [0.25, 0.3) is 16.3 Å². The standard InChI is InChI=1S/C17H21N/c1-5-6-9-16-15-11-8-7-10-14(15)13(4)18-17(16)12(2)3/h7-8,10-11H,2,5-6,9H2,1,3-4H3. The Hall–Kier alpha value is -1.63. The van der Waals surface area contributed by atoms with Crippen molar-refractivity contribution >= 4 is 16.3 Å². The molecule has 2 rings (SSSR count). The zero-order chi connectivity index (χ0) is 13.1. The molecule has 0 unspecified atom stereocenters. The van der Waals surface area contributed by atoms with Crippen molar-refractivity contribution in [2.45, 2.75) is 40.0 Å². The van der Waals surface area contributed by atoms with Gasteiger partial charge >= 0.3 is 0 Å². The molecule has 94 valence electrons. The Morgan fingerprint density at radius 3 is 2.50 bits per heavy atom. The Bertz CT molecular complexity index is 581. The summed E-state index contributed by atoms with van der Waals surface area (Å²) in [5, 5.41) is 2.62. The minimum atomic E-state index is 1.06. The van der Waals surface area contributed by atoms with E-state index in [0.29, 0.717) is 0 Å². The zero-order valence-corrected chi connectivity index (χ0v) is 11.6.